The van der Waals surface area contributed by atoms with E-state index in [1.165, 1.54) is 0 Å². The van der Waals surface area contributed by atoms with E-state index in [4.69, 9.17) is 9.47 Å². The van der Waals surface area contributed by atoms with E-state index in [9.17, 15) is 27.9 Å². The highest BCUT2D eigenvalue weighted by atomic mass is 32.2. The van der Waals surface area contributed by atoms with Gasteiger partial charge in [0.15, 0.2) is 6.29 Å². The minimum atomic E-state index is -5.02. The van der Waals surface area contributed by atoms with Crippen molar-refractivity contribution >= 4 is 23.6 Å². The second-order valence-corrected chi connectivity index (χ2v) is 13.3. The molecule has 0 unspecified atom stereocenters. The zero-order valence-corrected chi connectivity index (χ0v) is 27.5. The third-order valence-corrected chi connectivity index (χ3v) is 9.88. The second-order valence-electron chi connectivity index (χ2n) is 12.2. The SMILES string of the molecule is O=C(NCc1cccc(-c2cccc([C@H]3O[C@@H](CSc4ccccc4)C[C@@H](c4ccc(CO)cc4)O3)c2)c1)[C@@H]1CCCN1C(=O)C(F)(F)F. The highest BCUT2D eigenvalue weighted by Gasteiger charge is 2.47. The number of hydrogen-bond donors (Lipinski definition) is 2. The third kappa shape index (κ3) is 8.72. The average molecular weight is 691 g/mol. The topological polar surface area (TPSA) is 88.1 Å². The number of nitrogens with zero attached hydrogens (tertiary/aromatic N) is 1. The highest BCUT2D eigenvalue weighted by molar-refractivity contribution is 7.99. The Morgan fingerprint density at radius 1 is 0.857 bits per heavy atom. The number of rotatable bonds is 10. The van der Waals surface area contributed by atoms with Crippen LogP contribution in [0.4, 0.5) is 13.2 Å². The maximum absolute atomic E-state index is 13.0. The largest absolute Gasteiger partial charge is 0.471 e. The van der Waals surface area contributed by atoms with Gasteiger partial charge in [-0.15, -0.1) is 11.8 Å². The lowest BCUT2D eigenvalue weighted by Gasteiger charge is -2.36. The number of nitrogens with one attached hydrogen (secondary N) is 1. The number of benzene rings is 4. The van der Waals surface area contributed by atoms with Crippen molar-refractivity contribution in [3.63, 3.8) is 0 Å². The molecule has 0 aliphatic carbocycles. The summed E-state index contributed by atoms with van der Waals surface area (Å²) in [6.07, 6.45) is -4.76. The Morgan fingerprint density at radius 3 is 2.33 bits per heavy atom. The van der Waals surface area contributed by atoms with Crippen LogP contribution in [0.5, 0.6) is 0 Å². The van der Waals surface area contributed by atoms with Crippen LogP contribution < -0.4 is 5.32 Å². The summed E-state index contributed by atoms with van der Waals surface area (Å²) in [5, 5.41) is 12.2. The smallest absolute Gasteiger partial charge is 0.392 e. The first-order chi connectivity index (χ1) is 23.7. The van der Waals surface area contributed by atoms with Crippen LogP contribution in [-0.4, -0.2) is 52.4 Å². The molecule has 4 aromatic rings. The van der Waals surface area contributed by atoms with Gasteiger partial charge in [0.1, 0.15) is 6.04 Å². The number of likely N-dealkylation sites (tertiary alicyclic amines) is 1. The Bertz CT molecular complexity index is 1740. The maximum atomic E-state index is 13.0. The van der Waals surface area contributed by atoms with E-state index in [2.05, 4.69) is 17.4 Å². The van der Waals surface area contributed by atoms with Crippen LogP contribution in [0.3, 0.4) is 0 Å². The Hall–Kier alpha value is -4.16. The number of carbonyl (C=O) groups is 2. The average Bonchev–Trinajstić information content (AvgIpc) is 3.63. The Labute approximate surface area is 287 Å². The molecule has 0 aromatic heterocycles. The van der Waals surface area contributed by atoms with Crippen LogP contribution >= 0.6 is 11.8 Å². The molecule has 2 aliphatic heterocycles. The second kappa shape index (κ2) is 15.6. The van der Waals surface area contributed by atoms with E-state index in [1.54, 1.807) is 11.8 Å². The molecule has 0 spiro atoms. The summed E-state index contributed by atoms with van der Waals surface area (Å²) in [5.41, 5.74) is 5.23. The number of thioether (sulfide) groups is 1. The fraction of sp³-hybridized carbons (Fsp3) is 0.316. The van der Waals surface area contributed by atoms with Crippen molar-refractivity contribution in [1.82, 2.24) is 10.2 Å². The van der Waals surface area contributed by atoms with Crippen molar-refractivity contribution in [2.24, 2.45) is 0 Å². The Kier molecular flexibility index (Phi) is 11.0. The Morgan fingerprint density at radius 2 is 1.59 bits per heavy atom. The predicted molar refractivity (Wildman–Crippen MR) is 180 cm³/mol. The molecule has 2 aliphatic rings. The number of aliphatic hydroxyl groups excluding tert-OH is 1. The lowest BCUT2D eigenvalue weighted by molar-refractivity contribution is -0.245. The first-order valence-electron chi connectivity index (χ1n) is 16.2. The summed E-state index contributed by atoms with van der Waals surface area (Å²) >= 11 is 1.73. The summed E-state index contributed by atoms with van der Waals surface area (Å²) in [6.45, 7) is -0.0281. The van der Waals surface area contributed by atoms with Crippen LogP contribution in [0, 0.1) is 0 Å². The van der Waals surface area contributed by atoms with Gasteiger partial charge in [0.25, 0.3) is 0 Å². The molecule has 0 bridgehead atoms. The van der Waals surface area contributed by atoms with Gasteiger partial charge in [-0.25, -0.2) is 0 Å². The highest BCUT2D eigenvalue weighted by Crippen LogP contribution is 2.40. The van der Waals surface area contributed by atoms with E-state index in [1.807, 2.05) is 91.0 Å². The summed E-state index contributed by atoms with van der Waals surface area (Å²) < 4.78 is 52.2. The van der Waals surface area contributed by atoms with Gasteiger partial charge < -0.3 is 24.8 Å². The molecule has 4 atom stereocenters. The molecule has 7 nitrogen and oxygen atoms in total. The van der Waals surface area contributed by atoms with E-state index < -0.39 is 30.3 Å². The van der Waals surface area contributed by atoms with Crippen molar-refractivity contribution in [1.29, 1.82) is 0 Å². The first-order valence-corrected chi connectivity index (χ1v) is 17.2. The normalized spacial score (nSPS) is 21.0. The van der Waals surface area contributed by atoms with Crippen molar-refractivity contribution in [3.05, 3.63) is 125 Å². The first kappa shape index (κ1) is 34.7. The molecule has 2 heterocycles. The summed E-state index contributed by atoms with van der Waals surface area (Å²) in [6, 6.07) is 32.2. The molecule has 4 aromatic carbocycles. The zero-order chi connectivity index (χ0) is 34.4. The van der Waals surface area contributed by atoms with Gasteiger partial charge in [-0.1, -0.05) is 78.9 Å². The number of halogens is 3. The number of carbonyl (C=O) groups excluding carboxylic acids is 2. The maximum Gasteiger partial charge on any atom is 0.471 e. The van der Waals surface area contributed by atoms with Crippen molar-refractivity contribution < 1.29 is 37.3 Å². The van der Waals surface area contributed by atoms with Gasteiger partial charge in [-0.05, 0) is 64.9 Å². The Balaban J connectivity index is 1.16. The van der Waals surface area contributed by atoms with Gasteiger partial charge >= 0.3 is 12.1 Å². The fourth-order valence-corrected chi connectivity index (χ4v) is 7.15. The molecule has 256 valence electrons. The van der Waals surface area contributed by atoms with Crippen LogP contribution in [0.25, 0.3) is 11.1 Å². The number of ether oxygens (including phenoxy) is 2. The number of alkyl halides is 3. The van der Waals surface area contributed by atoms with Crippen LogP contribution in [0.2, 0.25) is 0 Å². The standard InChI is InChI=1S/C38H37F3N2O5S/c39-38(40,41)37(46)43-18-6-13-33(43)35(45)42-22-26-7-4-8-28(19-26)29-9-5-10-30(20-29)36-47-31(24-49-32-11-2-1-3-12-32)21-34(48-36)27-16-14-25(23-44)15-17-27/h1-5,7-12,14-17,19-20,31,33-34,36,44H,6,13,18,21-24H2,(H,42,45)/t31-,33+,34+,36+/m1/s1. The molecule has 2 N–H and O–H groups in total. The predicted octanol–water partition coefficient (Wildman–Crippen LogP) is 7.35. The quantitative estimate of drug-likeness (QED) is 0.169. The molecule has 0 radical (unpaired) electrons. The fourth-order valence-electron chi connectivity index (χ4n) is 6.21. The monoisotopic (exact) mass is 690 g/mol. The van der Waals surface area contributed by atoms with E-state index in [-0.39, 0.29) is 38.3 Å². The van der Waals surface area contributed by atoms with Crippen molar-refractivity contribution in [2.45, 2.75) is 68.0 Å². The molecule has 2 fully saturated rings. The van der Waals surface area contributed by atoms with Gasteiger partial charge in [0, 0.05) is 35.7 Å². The van der Waals surface area contributed by atoms with Crippen LogP contribution in [0.1, 0.15) is 53.9 Å². The molecular weight excluding hydrogens is 653 g/mol. The van der Waals surface area contributed by atoms with E-state index >= 15 is 0 Å². The lowest BCUT2D eigenvalue weighted by atomic mass is 9.99. The molecule has 2 saturated heterocycles. The van der Waals surface area contributed by atoms with Gasteiger partial charge in [-0.3, -0.25) is 9.59 Å². The van der Waals surface area contributed by atoms with E-state index in [0.717, 1.165) is 44.0 Å². The third-order valence-electron chi connectivity index (χ3n) is 8.74. The van der Waals surface area contributed by atoms with Gasteiger partial charge in [-0.2, -0.15) is 13.2 Å². The summed E-state index contributed by atoms with van der Waals surface area (Å²) in [5.74, 6) is -1.84. The minimum Gasteiger partial charge on any atom is -0.392 e. The molecule has 2 amide bonds. The number of aliphatic hydroxyl groups is 1. The van der Waals surface area contributed by atoms with Crippen molar-refractivity contribution in [2.75, 3.05) is 12.3 Å². The van der Waals surface area contributed by atoms with Gasteiger partial charge in [0.05, 0.1) is 18.8 Å². The number of amides is 2. The van der Waals surface area contributed by atoms with E-state index in [0.29, 0.717) is 17.7 Å². The molecular formula is C38H37F3N2O5S. The van der Waals surface area contributed by atoms with Crippen LogP contribution in [0.15, 0.2) is 108 Å². The van der Waals surface area contributed by atoms with Crippen molar-refractivity contribution in [3.8, 4) is 11.1 Å². The summed E-state index contributed by atoms with van der Waals surface area (Å²) in [4.78, 5) is 26.4. The molecule has 11 heteroatoms. The minimum absolute atomic E-state index is 0.0314. The van der Waals surface area contributed by atoms with Crippen LogP contribution in [-0.2, 0) is 32.2 Å². The molecule has 6 rings (SSSR count). The summed E-state index contributed by atoms with van der Waals surface area (Å²) in [7, 11) is 0. The number of hydrogen-bond acceptors (Lipinski definition) is 6. The molecule has 0 saturated carbocycles. The molecule has 49 heavy (non-hydrogen) atoms. The van der Waals surface area contributed by atoms with Gasteiger partial charge in [0.2, 0.25) is 5.91 Å². The lowest BCUT2D eigenvalue weighted by Crippen LogP contribution is -2.50. The zero-order valence-electron chi connectivity index (χ0n) is 26.6.